The maximum absolute atomic E-state index is 12.9. The Morgan fingerprint density at radius 2 is 1.69 bits per heavy atom. The minimum atomic E-state index is -4.42. The number of nitrogens with one attached hydrogen (secondary N) is 1. The molecular formula is C26H23F3N4OS. The normalized spacial score (nSPS) is 11.5. The van der Waals surface area contributed by atoms with Crippen LogP contribution in [0.5, 0.6) is 0 Å². The number of benzene rings is 3. The third-order valence-electron chi connectivity index (χ3n) is 5.42. The van der Waals surface area contributed by atoms with Gasteiger partial charge in [0.05, 0.1) is 11.3 Å². The highest BCUT2D eigenvalue weighted by molar-refractivity contribution is 7.98. The first-order valence-corrected chi connectivity index (χ1v) is 11.8. The molecule has 35 heavy (non-hydrogen) atoms. The Labute approximate surface area is 205 Å². The molecule has 0 unspecified atom stereocenters. The van der Waals surface area contributed by atoms with E-state index in [0.29, 0.717) is 16.9 Å². The Morgan fingerprint density at radius 1 is 0.943 bits per heavy atom. The molecule has 0 fully saturated rings. The lowest BCUT2D eigenvalue weighted by Crippen LogP contribution is -2.23. The number of alkyl halides is 3. The van der Waals surface area contributed by atoms with Crippen molar-refractivity contribution in [3.63, 3.8) is 0 Å². The number of aromatic nitrogens is 3. The van der Waals surface area contributed by atoms with Gasteiger partial charge in [-0.1, -0.05) is 54.2 Å². The molecule has 0 aliphatic carbocycles. The second kappa shape index (κ2) is 10.4. The van der Waals surface area contributed by atoms with Gasteiger partial charge in [-0.25, -0.2) is 0 Å². The van der Waals surface area contributed by atoms with E-state index in [4.69, 9.17) is 0 Å². The van der Waals surface area contributed by atoms with Gasteiger partial charge in [0.15, 0.2) is 5.16 Å². The van der Waals surface area contributed by atoms with E-state index in [9.17, 15) is 18.0 Å². The van der Waals surface area contributed by atoms with Gasteiger partial charge in [-0.3, -0.25) is 9.36 Å². The zero-order valence-corrected chi connectivity index (χ0v) is 20.0. The van der Waals surface area contributed by atoms with Crippen molar-refractivity contribution >= 4 is 17.7 Å². The van der Waals surface area contributed by atoms with Crippen LogP contribution in [0.4, 0.5) is 13.2 Å². The van der Waals surface area contributed by atoms with Crippen molar-refractivity contribution in [1.29, 1.82) is 0 Å². The molecule has 0 aliphatic rings. The summed E-state index contributed by atoms with van der Waals surface area (Å²) >= 11 is 1.51. The molecule has 0 radical (unpaired) electrons. The third kappa shape index (κ3) is 5.92. The molecule has 0 spiro atoms. The molecule has 3 aromatic carbocycles. The molecule has 0 saturated heterocycles. The molecule has 0 atom stereocenters. The van der Waals surface area contributed by atoms with Crippen LogP contribution in [0.1, 0.15) is 38.4 Å². The SMILES string of the molecule is Cc1ccccc1-n1c(C)nnc1SCc1cccc(C(=O)NCc2cccc(C(F)(F)F)c2)c1. The Balaban J connectivity index is 1.42. The molecule has 0 aliphatic heterocycles. The van der Waals surface area contributed by atoms with Crippen molar-refractivity contribution in [2.75, 3.05) is 0 Å². The van der Waals surface area contributed by atoms with Crippen LogP contribution in [0.3, 0.4) is 0 Å². The van der Waals surface area contributed by atoms with E-state index >= 15 is 0 Å². The van der Waals surface area contributed by atoms with E-state index in [1.807, 2.05) is 48.7 Å². The van der Waals surface area contributed by atoms with Crippen molar-refractivity contribution in [2.45, 2.75) is 37.5 Å². The van der Waals surface area contributed by atoms with E-state index in [1.165, 1.54) is 17.8 Å². The van der Waals surface area contributed by atoms with Gasteiger partial charge in [-0.15, -0.1) is 10.2 Å². The number of nitrogens with zero attached hydrogens (tertiary/aromatic N) is 3. The summed E-state index contributed by atoms with van der Waals surface area (Å²) in [5.74, 6) is 0.997. The van der Waals surface area contributed by atoms with Crippen LogP contribution in [0.2, 0.25) is 0 Å². The summed E-state index contributed by atoms with van der Waals surface area (Å²) in [5.41, 5.74) is 3.12. The average molecular weight is 497 g/mol. The monoisotopic (exact) mass is 496 g/mol. The number of thioether (sulfide) groups is 1. The second-order valence-electron chi connectivity index (χ2n) is 8.02. The first-order chi connectivity index (χ1) is 16.7. The molecule has 1 N–H and O–H groups in total. The number of para-hydroxylation sites is 1. The highest BCUT2D eigenvalue weighted by Gasteiger charge is 2.30. The lowest BCUT2D eigenvalue weighted by molar-refractivity contribution is -0.137. The van der Waals surface area contributed by atoms with Crippen molar-refractivity contribution in [2.24, 2.45) is 0 Å². The highest BCUT2D eigenvalue weighted by Crippen LogP contribution is 2.30. The minimum absolute atomic E-state index is 0.000535. The summed E-state index contributed by atoms with van der Waals surface area (Å²) in [4.78, 5) is 12.6. The number of carbonyl (C=O) groups excluding carboxylic acids is 1. The maximum atomic E-state index is 12.9. The van der Waals surface area contributed by atoms with Gasteiger partial charge in [0.1, 0.15) is 5.82 Å². The summed E-state index contributed by atoms with van der Waals surface area (Å²) in [6.45, 7) is 3.93. The molecular weight excluding hydrogens is 473 g/mol. The minimum Gasteiger partial charge on any atom is -0.348 e. The lowest BCUT2D eigenvalue weighted by atomic mass is 10.1. The van der Waals surface area contributed by atoms with Crippen molar-refractivity contribution in [1.82, 2.24) is 20.1 Å². The van der Waals surface area contributed by atoms with Gasteiger partial charge in [0.25, 0.3) is 5.91 Å². The van der Waals surface area contributed by atoms with Crippen LogP contribution in [-0.2, 0) is 18.5 Å². The van der Waals surface area contributed by atoms with Gasteiger partial charge < -0.3 is 5.32 Å². The standard InChI is InChI=1S/C26H23F3N4OS/c1-17-7-3-4-12-23(17)33-18(2)31-32-25(33)35-16-20-9-5-10-21(13-20)24(34)30-15-19-8-6-11-22(14-19)26(27,28)29/h3-14H,15-16H2,1-2H3,(H,30,34). The summed E-state index contributed by atoms with van der Waals surface area (Å²) < 4.78 is 40.7. The number of aryl methyl sites for hydroxylation is 2. The van der Waals surface area contributed by atoms with Gasteiger partial charge in [0.2, 0.25) is 0 Å². The summed E-state index contributed by atoms with van der Waals surface area (Å²) in [7, 11) is 0. The fourth-order valence-corrected chi connectivity index (χ4v) is 4.55. The third-order valence-corrected chi connectivity index (χ3v) is 6.42. The van der Waals surface area contributed by atoms with Crippen molar-refractivity contribution in [3.05, 3.63) is 106 Å². The molecule has 0 bridgehead atoms. The largest absolute Gasteiger partial charge is 0.416 e. The van der Waals surface area contributed by atoms with E-state index in [-0.39, 0.29) is 12.5 Å². The number of hydrogen-bond acceptors (Lipinski definition) is 4. The maximum Gasteiger partial charge on any atom is 0.416 e. The van der Waals surface area contributed by atoms with E-state index < -0.39 is 11.7 Å². The van der Waals surface area contributed by atoms with E-state index in [1.54, 1.807) is 24.3 Å². The topological polar surface area (TPSA) is 59.8 Å². The Morgan fingerprint density at radius 3 is 2.46 bits per heavy atom. The molecule has 4 aromatic rings. The number of rotatable bonds is 7. The van der Waals surface area contributed by atoms with Gasteiger partial charge >= 0.3 is 6.18 Å². The Bertz CT molecular complexity index is 1350. The van der Waals surface area contributed by atoms with Gasteiger partial charge in [0, 0.05) is 17.9 Å². The Hall–Kier alpha value is -3.59. The fourth-order valence-electron chi connectivity index (χ4n) is 3.62. The summed E-state index contributed by atoms with van der Waals surface area (Å²) in [5, 5.41) is 12.0. The molecule has 180 valence electrons. The molecule has 1 aromatic heterocycles. The molecule has 4 rings (SSSR count). The van der Waals surface area contributed by atoms with Crippen LogP contribution < -0.4 is 5.32 Å². The van der Waals surface area contributed by atoms with Gasteiger partial charge in [-0.2, -0.15) is 13.2 Å². The number of amides is 1. The smallest absolute Gasteiger partial charge is 0.348 e. The van der Waals surface area contributed by atoms with Crippen LogP contribution in [0.15, 0.2) is 78.0 Å². The molecule has 0 saturated carbocycles. The zero-order chi connectivity index (χ0) is 25.0. The summed E-state index contributed by atoms with van der Waals surface area (Å²) in [6.07, 6.45) is -4.42. The van der Waals surface area contributed by atoms with E-state index in [0.717, 1.165) is 39.9 Å². The number of halogens is 3. The number of hydrogen-bond donors (Lipinski definition) is 1. The zero-order valence-electron chi connectivity index (χ0n) is 19.1. The first kappa shape index (κ1) is 24.5. The molecule has 9 heteroatoms. The van der Waals surface area contributed by atoms with Gasteiger partial charge in [-0.05, 0) is 60.9 Å². The van der Waals surface area contributed by atoms with Crippen molar-refractivity contribution < 1.29 is 18.0 Å². The predicted molar refractivity (Wildman–Crippen MR) is 129 cm³/mol. The summed E-state index contributed by atoms with van der Waals surface area (Å²) in [6, 6.07) is 20.1. The van der Waals surface area contributed by atoms with Crippen LogP contribution in [0.25, 0.3) is 5.69 Å². The van der Waals surface area contributed by atoms with Crippen LogP contribution >= 0.6 is 11.8 Å². The quantitative estimate of drug-likeness (QED) is 0.313. The molecule has 1 heterocycles. The lowest BCUT2D eigenvalue weighted by Gasteiger charge is -2.11. The van der Waals surface area contributed by atoms with Crippen LogP contribution in [0, 0.1) is 13.8 Å². The Kier molecular flexibility index (Phi) is 7.25. The fraction of sp³-hybridized carbons (Fsp3) is 0.192. The second-order valence-corrected chi connectivity index (χ2v) is 8.96. The predicted octanol–water partition coefficient (Wildman–Crippen LogP) is 6.13. The molecule has 5 nitrogen and oxygen atoms in total. The van der Waals surface area contributed by atoms with Crippen LogP contribution in [-0.4, -0.2) is 20.7 Å². The molecule has 1 amide bonds. The first-order valence-electron chi connectivity index (χ1n) is 10.9. The van der Waals surface area contributed by atoms with E-state index in [2.05, 4.69) is 15.5 Å². The van der Waals surface area contributed by atoms with Crippen molar-refractivity contribution in [3.8, 4) is 5.69 Å². The highest BCUT2D eigenvalue weighted by atomic mass is 32.2. The average Bonchev–Trinajstić information content (AvgIpc) is 3.21. The number of carbonyl (C=O) groups is 1.